The molecule has 454 valence electrons. The van der Waals surface area contributed by atoms with E-state index < -0.39 is 67.4 Å². The number of hydrogen-bond acceptors (Lipinski definition) is 10. The molecule has 79 heavy (non-hydrogen) atoms. The van der Waals surface area contributed by atoms with Crippen LogP contribution in [0.5, 0.6) is 0 Å². The third kappa shape index (κ3) is 43.0. The van der Waals surface area contributed by atoms with E-state index in [0.29, 0.717) is 12.8 Å². The third-order valence-electron chi connectivity index (χ3n) is 14.5. The monoisotopic (exact) mass is 1110 g/mol. The lowest BCUT2D eigenvalue weighted by Gasteiger charge is -2.41. The number of amides is 1. The van der Waals surface area contributed by atoms with Crippen molar-refractivity contribution in [2.75, 3.05) is 13.2 Å². The van der Waals surface area contributed by atoms with Gasteiger partial charge in [0.1, 0.15) is 24.4 Å². The maximum absolute atomic E-state index is 13.4. The summed E-state index contributed by atoms with van der Waals surface area (Å²) in [5.74, 6) is -1.22. The first-order chi connectivity index (χ1) is 38.7. The molecule has 6 N–H and O–H groups in total. The molecular formula is C68H117NO10. The first kappa shape index (κ1) is 73.6. The highest BCUT2D eigenvalue weighted by Crippen LogP contribution is 2.26. The first-order valence-electron chi connectivity index (χ1n) is 32.0. The minimum absolute atomic E-state index is 0.105. The summed E-state index contributed by atoms with van der Waals surface area (Å²) in [7, 11) is 0. The molecule has 11 heteroatoms. The van der Waals surface area contributed by atoms with Gasteiger partial charge in [0, 0.05) is 6.42 Å². The Balaban J connectivity index is 2.63. The zero-order chi connectivity index (χ0) is 57.5. The number of carbonyl (C=O) groups excluding carboxylic acids is 2. The Labute approximate surface area is 482 Å². The van der Waals surface area contributed by atoms with Crippen molar-refractivity contribution in [1.29, 1.82) is 0 Å². The largest absolute Gasteiger partial charge is 0.454 e. The molecule has 1 heterocycles. The molecule has 0 aromatic rings. The molecule has 0 aromatic heterocycles. The smallest absolute Gasteiger partial charge is 0.306 e. The van der Waals surface area contributed by atoms with Gasteiger partial charge in [-0.15, -0.1) is 0 Å². The maximum Gasteiger partial charge on any atom is 0.306 e. The standard InChI is InChI=1S/C68H117NO10/c1-4-7-10-13-16-19-22-24-26-27-28-29-30-31-32-33-34-36-37-40-43-46-49-52-55-61(72)67(76)69-59(60(71)54-51-48-45-42-39-21-18-15-12-9-6-3)58-77-68-66(65(75)64(74)62(57-70)78-68)79-63(73)56-53-50-47-44-41-38-35-25-23-20-17-14-11-8-5-2/h8,11,14,16-17,19-20,23-24,26,28-29,31-32,51,54,59-62,64-66,68,70-72,74-75H,4-7,9-10,12-13,15,18,21-22,25,27,30,33-50,52-53,55-58H2,1-3H3,(H,69,76)/b11-8+,17-14+,19-16-,23-20+,26-24-,29-28-,32-31-,54-51+. The van der Waals surface area contributed by atoms with Crippen molar-refractivity contribution in [1.82, 2.24) is 5.32 Å². The maximum atomic E-state index is 13.4. The van der Waals surface area contributed by atoms with E-state index in [4.69, 9.17) is 14.2 Å². The van der Waals surface area contributed by atoms with Crippen LogP contribution in [0.1, 0.15) is 258 Å². The van der Waals surface area contributed by atoms with Gasteiger partial charge in [0.25, 0.3) is 0 Å². The first-order valence-corrected chi connectivity index (χ1v) is 32.0. The summed E-state index contributed by atoms with van der Waals surface area (Å²) in [5.41, 5.74) is 0. The normalized spacial score (nSPS) is 19.5. The van der Waals surface area contributed by atoms with E-state index in [1.165, 1.54) is 96.3 Å². The second-order valence-corrected chi connectivity index (χ2v) is 21.8. The van der Waals surface area contributed by atoms with Gasteiger partial charge in [0.2, 0.25) is 5.91 Å². The van der Waals surface area contributed by atoms with Crippen molar-refractivity contribution in [3.05, 3.63) is 97.2 Å². The van der Waals surface area contributed by atoms with Crippen LogP contribution in [-0.4, -0.2) is 99.6 Å². The predicted octanol–water partition coefficient (Wildman–Crippen LogP) is 15.5. The molecule has 1 fully saturated rings. The van der Waals surface area contributed by atoms with E-state index in [9.17, 15) is 35.1 Å². The van der Waals surface area contributed by atoms with Crippen molar-refractivity contribution in [3.63, 3.8) is 0 Å². The zero-order valence-corrected chi connectivity index (χ0v) is 50.2. The third-order valence-corrected chi connectivity index (χ3v) is 14.5. The van der Waals surface area contributed by atoms with Crippen LogP contribution in [0.4, 0.5) is 0 Å². The van der Waals surface area contributed by atoms with Crippen molar-refractivity contribution < 1.29 is 49.3 Å². The molecular weight excluding hydrogens is 991 g/mol. The minimum atomic E-state index is -1.62. The Bertz CT molecular complexity index is 1650. The molecule has 0 radical (unpaired) electrons. The van der Waals surface area contributed by atoms with Gasteiger partial charge in [-0.2, -0.15) is 0 Å². The van der Waals surface area contributed by atoms with Crippen LogP contribution in [0.25, 0.3) is 0 Å². The summed E-state index contributed by atoms with van der Waals surface area (Å²) >= 11 is 0. The molecule has 1 amide bonds. The molecule has 8 atom stereocenters. The quantitative estimate of drug-likeness (QED) is 0.0149. The molecule has 1 aliphatic heterocycles. The Morgan fingerprint density at radius 2 is 0.962 bits per heavy atom. The number of allylic oxidation sites excluding steroid dienone is 15. The summed E-state index contributed by atoms with van der Waals surface area (Å²) in [4.78, 5) is 26.5. The molecule has 1 aliphatic rings. The van der Waals surface area contributed by atoms with Crippen LogP contribution in [0, 0.1) is 0 Å². The number of aliphatic hydroxyl groups is 5. The highest BCUT2D eigenvalue weighted by molar-refractivity contribution is 5.80. The minimum Gasteiger partial charge on any atom is -0.454 e. The molecule has 0 saturated carbocycles. The van der Waals surface area contributed by atoms with Crippen molar-refractivity contribution >= 4 is 11.9 Å². The van der Waals surface area contributed by atoms with Gasteiger partial charge in [-0.1, -0.05) is 259 Å². The fourth-order valence-corrected chi connectivity index (χ4v) is 9.46. The van der Waals surface area contributed by atoms with Gasteiger partial charge in [-0.05, 0) is 89.9 Å². The van der Waals surface area contributed by atoms with E-state index in [1.54, 1.807) is 6.08 Å². The lowest BCUT2D eigenvalue weighted by atomic mass is 9.99. The average Bonchev–Trinajstić information content (AvgIpc) is 3.47. The molecule has 1 saturated heterocycles. The molecule has 1 rings (SSSR count). The summed E-state index contributed by atoms with van der Waals surface area (Å²) < 4.78 is 17.6. The number of hydrogen-bond donors (Lipinski definition) is 6. The second kappa shape index (κ2) is 55.1. The SMILES string of the molecule is CC/C=C/C=C/C=C/CCCCCCCCCC(=O)OC1C(OCC(NC(=O)C(O)CCCCCCCCCC/C=C\C/C=C\C/C=C\C/C=C\CCCCC)C(O)/C=C/CCCCCCCCCCC)OC(CO)C(O)C1O. The number of rotatable bonds is 53. The van der Waals surface area contributed by atoms with Gasteiger partial charge < -0.3 is 45.1 Å². The Kier molecular flexibility index (Phi) is 51.4. The summed E-state index contributed by atoms with van der Waals surface area (Å²) in [6.45, 7) is 5.61. The second-order valence-electron chi connectivity index (χ2n) is 21.8. The average molecular weight is 1110 g/mol. The highest BCUT2D eigenvalue weighted by Gasteiger charge is 2.47. The van der Waals surface area contributed by atoms with Gasteiger partial charge >= 0.3 is 5.97 Å². The lowest BCUT2D eigenvalue weighted by Crippen LogP contribution is -2.61. The van der Waals surface area contributed by atoms with Crippen molar-refractivity contribution in [2.45, 2.75) is 307 Å². The number of esters is 1. The van der Waals surface area contributed by atoms with Gasteiger partial charge in [-0.25, -0.2) is 0 Å². The molecule has 0 bridgehead atoms. The Morgan fingerprint density at radius 3 is 1.49 bits per heavy atom. The van der Waals surface area contributed by atoms with E-state index >= 15 is 0 Å². The van der Waals surface area contributed by atoms with Gasteiger partial charge in [0.15, 0.2) is 12.4 Å². The van der Waals surface area contributed by atoms with Crippen LogP contribution < -0.4 is 5.32 Å². The molecule has 0 aliphatic carbocycles. The molecule has 8 unspecified atom stereocenters. The van der Waals surface area contributed by atoms with Crippen LogP contribution in [0.3, 0.4) is 0 Å². The summed E-state index contributed by atoms with van der Waals surface area (Å²) in [6.07, 6.45) is 63.0. The number of carbonyl (C=O) groups is 2. The Morgan fingerprint density at radius 1 is 0.519 bits per heavy atom. The van der Waals surface area contributed by atoms with E-state index in [-0.39, 0.29) is 19.4 Å². The Hall–Kier alpha value is -3.42. The predicted molar refractivity (Wildman–Crippen MR) is 329 cm³/mol. The van der Waals surface area contributed by atoms with Gasteiger partial charge in [0.05, 0.1) is 25.4 Å². The number of unbranched alkanes of at least 4 members (excludes halogenated alkanes) is 27. The van der Waals surface area contributed by atoms with Crippen LogP contribution in [0.2, 0.25) is 0 Å². The zero-order valence-electron chi connectivity index (χ0n) is 50.2. The van der Waals surface area contributed by atoms with Crippen LogP contribution in [0.15, 0.2) is 97.2 Å². The van der Waals surface area contributed by atoms with Crippen LogP contribution >= 0.6 is 0 Å². The number of nitrogens with one attached hydrogen (secondary N) is 1. The number of aliphatic hydroxyl groups excluding tert-OH is 5. The van der Waals surface area contributed by atoms with E-state index in [0.717, 1.165) is 116 Å². The fourth-order valence-electron chi connectivity index (χ4n) is 9.46. The topological polar surface area (TPSA) is 175 Å². The lowest BCUT2D eigenvalue weighted by molar-refractivity contribution is -0.305. The van der Waals surface area contributed by atoms with E-state index in [1.807, 2.05) is 12.2 Å². The molecule has 0 aromatic carbocycles. The number of ether oxygens (including phenoxy) is 3. The van der Waals surface area contributed by atoms with Crippen molar-refractivity contribution in [2.24, 2.45) is 0 Å². The fraction of sp³-hybridized carbons (Fsp3) is 0.735. The van der Waals surface area contributed by atoms with Crippen molar-refractivity contribution in [3.8, 4) is 0 Å². The molecule has 0 spiro atoms. The summed E-state index contributed by atoms with van der Waals surface area (Å²) in [6, 6.07) is -1.04. The van der Waals surface area contributed by atoms with Crippen LogP contribution in [-0.2, 0) is 23.8 Å². The van der Waals surface area contributed by atoms with E-state index in [2.05, 4.69) is 105 Å². The molecule has 11 nitrogen and oxygen atoms in total. The highest BCUT2D eigenvalue weighted by atomic mass is 16.7. The summed E-state index contributed by atoms with van der Waals surface area (Å²) in [5, 5.41) is 57.0. The van der Waals surface area contributed by atoms with Gasteiger partial charge in [-0.3, -0.25) is 9.59 Å².